The van der Waals surface area contributed by atoms with Crippen molar-refractivity contribution in [3.8, 4) is 34.0 Å². The van der Waals surface area contributed by atoms with Gasteiger partial charge in [0.15, 0.2) is 5.82 Å². The molecule has 3 aromatic heterocycles. The molecule has 7 nitrogen and oxygen atoms in total. The second-order valence-electron chi connectivity index (χ2n) is 8.89. The van der Waals surface area contributed by atoms with E-state index in [1.807, 2.05) is 42.6 Å². The molecular formula is C26H21FN4O3S. The van der Waals surface area contributed by atoms with Gasteiger partial charge in [0.1, 0.15) is 27.1 Å². The number of fused-ring (bicyclic) bond motifs is 1. The first-order chi connectivity index (χ1) is 16.8. The third kappa shape index (κ3) is 4.01. The number of furan rings is 1. The van der Waals surface area contributed by atoms with E-state index in [1.165, 1.54) is 18.4 Å². The summed E-state index contributed by atoms with van der Waals surface area (Å²) in [6, 6.07) is 17.7. The van der Waals surface area contributed by atoms with Gasteiger partial charge in [-0.25, -0.2) is 17.8 Å². The zero-order valence-corrected chi connectivity index (χ0v) is 19.6. The van der Waals surface area contributed by atoms with Gasteiger partial charge in [-0.05, 0) is 43.2 Å². The van der Waals surface area contributed by atoms with Gasteiger partial charge in [-0.3, -0.25) is 4.68 Å². The highest BCUT2D eigenvalue weighted by Crippen LogP contribution is 2.39. The SMILES string of the molecule is CS(=O)(=O)C1CC(n2cc(-c3ncc4cc(-c5ccccc5)oc4n3)c(-c3ccc(F)cc3)n2)C1. The maximum atomic E-state index is 13.6. The van der Waals surface area contributed by atoms with Crippen LogP contribution in [0.15, 0.2) is 77.5 Å². The lowest BCUT2D eigenvalue weighted by atomic mass is 9.92. The molecule has 2 aromatic carbocycles. The Morgan fingerprint density at radius 1 is 1.03 bits per heavy atom. The normalized spacial score (nSPS) is 18.0. The van der Waals surface area contributed by atoms with Crippen LogP contribution in [0.1, 0.15) is 18.9 Å². The minimum atomic E-state index is -3.08. The molecule has 1 fully saturated rings. The minimum Gasteiger partial charge on any atom is -0.438 e. The van der Waals surface area contributed by atoms with Crippen molar-refractivity contribution in [2.45, 2.75) is 24.1 Å². The van der Waals surface area contributed by atoms with Crippen molar-refractivity contribution in [2.24, 2.45) is 0 Å². The lowest BCUT2D eigenvalue weighted by Gasteiger charge is -2.33. The Hall–Kier alpha value is -3.85. The Bertz CT molecular complexity index is 1640. The van der Waals surface area contributed by atoms with Gasteiger partial charge in [0, 0.05) is 29.8 Å². The summed E-state index contributed by atoms with van der Waals surface area (Å²) < 4.78 is 45.1. The van der Waals surface area contributed by atoms with Crippen LogP contribution < -0.4 is 0 Å². The van der Waals surface area contributed by atoms with E-state index < -0.39 is 9.84 Å². The Morgan fingerprint density at radius 2 is 1.77 bits per heavy atom. The molecule has 0 amide bonds. The van der Waals surface area contributed by atoms with Crippen LogP contribution in [0.4, 0.5) is 4.39 Å². The Labute approximate surface area is 201 Å². The molecule has 5 aromatic rings. The highest BCUT2D eigenvalue weighted by atomic mass is 32.2. The number of aromatic nitrogens is 4. The molecule has 0 spiro atoms. The van der Waals surface area contributed by atoms with Crippen LogP contribution in [-0.4, -0.2) is 39.7 Å². The standard InChI is InChI=1S/C26H21FN4O3S/c1-35(32,33)21-12-20(13-21)31-15-22(24(30-31)17-7-9-19(27)10-8-17)25-28-14-18-11-23(34-26(18)29-25)16-5-3-2-4-6-16/h2-11,14-15,20-21H,12-13H2,1H3. The first-order valence-electron chi connectivity index (χ1n) is 11.2. The van der Waals surface area contributed by atoms with Gasteiger partial charge in [-0.15, -0.1) is 0 Å². The van der Waals surface area contributed by atoms with Gasteiger partial charge in [0.25, 0.3) is 0 Å². The molecule has 0 aliphatic heterocycles. The summed E-state index contributed by atoms with van der Waals surface area (Å²) in [5, 5.41) is 5.16. The van der Waals surface area contributed by atoms with E-state index in [1.54, 1.807) is 23.0 Å². The molecule has 176 valence electrons. The number of halogens is 1. The number of rotatable bonds is 5. The maximum Gasteiger partial charge on any atom is 0.230 e. The van der Waals surface area contributed by atoms with Crippen LogP contribution in [0.5, 0.6) is 0 Å². The summed E-state index contributed by atoms with van der Waals surface area (Å²) in [6.45, 7) is 0. The van der Waals surface area contributed by atoms with Crippen molar-refractivity contribution in [3.05, 3.63) is 78.9 Å². The monoisotopic (exact) mass is 488 g/mol. The van der Waals surface area contributed by atoms with Crippen molar-refractivity contribution in [3.63, 3.8) is 0 Å². The third-order valence-electron chi connectivity index (χ3n) is 6.47. The highest BCUT2D eigenvalue weighted by Gasteiger charge is 2.38. The van der Waals surface area contributed by atoms with Crippen LogP contribution in [0.25, 0.3) is 45.1 Å². The molecule has 1 aliphatic rings. The van der Waals surface area contributed by atoms with Crippen LogP contribution in [-0.2, 0) is 9.84 Å². The van der Waals surface area contributed by atoms with Gasteiger partial charge in [-0.1, -0.05) is 30.3 Å². The largest absolute Gasteiger partial charge is 0.438 e. The number of sulfone groups is 1. The maximum absolute atomic E-state index is 13.6. The molecular weight excluding hydrogens is 467 g/mol. The third-order valence-corrected chi connectivity index (χ3v) is 8.07. The summed E-state index contributed by atoms with van der Waals surface area (Å²) in [5.74, 6) is 0.783. The molecule has 0 atom stereocenters. The molecule has 9 heteroatoms. The van der Waals surface area contributed by atoms with Gasteiger partial charge in [0.05, 0.1) is 22.2 Å². The average Bonchev–Trinajstić information content (AvgIpc) is 3.42. The minimum absolute atomic E-state index is 0.0419. The van der Waals surface area contributed by atoms with Crippen LogP contribution >= 0.6 is 0 Å². The first kappa shape index (κ1) is 21.7. The van der Waals surface area contributed by atoms with E-state index in [-0.39, 0.29) is 17.1 Å². The molecule has 0 radical (unpaired) electrons. The average molecular weight is 489 g/mol. The summed E-state index contributed by atoms with van der Waals surface area (Å²) in [6.07, 6.45) is 5.82. The van der Waals surface area contributed by atoms with E-state index in [4.69, 9.17) is 9.52 Å². The van der Waals surface area contributed by atoms with Crippen LogP contribution in [0.2, 0.25) is 0 Å². The van der Waals surface area contributed by atoms with Gasteiger partial charge < -0.3 is 4.42 Å². The van der Waals surface area contributed by atoms with E-state index in [2.05, 4.69) is 9.97 Å². The number of benzene rings is 2. The fraction of sp³-hybridized carbons (Fsp3) is 0.192. The lowest BCUT2D eigenvalue weighted by Crippen LogP contribution is -2.37. The van der Waals surface area contributed by atoms with Crippen molar-refractivity contribution >= 4 is 20.9 Å². The van der Waals surface area contributed by atoms with E-state index in [0.29, 0.717) is 47.0 Å². The van der Waals surface area contributed by atoms with E-state index in [0.717, 1.165) is 10.9 Å². The smallest absolute Gasteiger partial charge is 0.230 e. The quantitative estimate of drug-likeness (QED) is 0.333. The Kier molecular flexibility index (Phi) is 5.03. The summed E-state index contributed by atoms with van der Waals surface area (Å²) in [5.41, 5.74) is 3.37. The number of nitrogens with zero attached hydrogens (tertiary/aromatic N) is 4. The van der Waals surface area contributed by atoms with E-state index in [9.17, 15) is 12.8 Å². The molecule has 0 saturated heterocycles. The van der Waals surface area contributed by atoms with Crippen molar-refractivity contribution in [1.82, 2.24) is 19.7 Å². The van der Waals surface area contributed by atoms with Crippen LogP contribution in [0.3, 0.4) is 0 Å². The Balaban J connectivity index is 1.42. The molecule has 0 bridgehead atoms. The summed E-state index contributed by atoms with van der Waals surface area (Å²) in [4.78, 5) is 9.23. The van der Waals surface area contributed by atoms with Gasteiger partial charge in [-0.2, -0.15) is 10.1 Å². The fourth-order valence-corrected chi connectivity index (χ4v) is 5.52. The molecule has 0 N–H and O–H groups in total. The predicted octanol–water partition coefficient (Wildman–Crippen LogP) is 5.31. The number of hydrogen-bond acceptors (Lipinski definition) is 6. The van der Waals surface area contributed by atoms with E-state index >= 15 is 0 Å². The molecule has 0 unspecified atom stereocenters. The molecule has 3 heterocycles. The molecule has 6 rings (SSSR count). The lowest BCUT2D eigenvalue weighted by molar-refractivity contribution is 0.291. The summed E-state index contributed by atoms with van der Waals surface area (Å²) in [7, 11) is -3.08. The molecule has 1 aliphatic carbocycles. The second-order valence-corrected chi connectivity index (χ2v) is 11.2. The van der Waals surface area contributed by atoms with Gasteiger partial charge in [0.2, 0.25) is 5.71 Å². The Morgan fingerprint density at radius 3 is 2.49 bits per heavy atom. The zero-order valence-electron chi connectivity index (χ0n) is 18.8. The topological polar surface area (TPSA) is 90.9 Å². The van der Waals surface area contributed by atoms with Gasteiger partial charge >= 0.3 is 0 Å². The summed E-state index contributed by atoms with van der Waals surface area (Å²) >= 11 is 0. The molecule has 1 saturated carbocycles. The van der Waals surface area contributed by atoms with Crippen molar-refractivity contribution < 1.29 is 17.2 Å². The zero-order chi connectivity index (χ0) is 24.2. The second kappa shape index (κ2) is 8.13. The fourth-order valence-electron chi connectivity index (χ4n) is 4.37. The predicted molar refractivity (Wildman–Crippen MR) is 131 cm³/mol. The first-order valence-corrected chi connectivity index (χ1v) is 13.2. The van der Waals surface area contributed by atoms with Crippen molar-refractivity contribution in [2.75, 3.05) is 6.26 Å². The number of hydrogen-bond donors (Lipinski definition) is 0. The highest BCUT2D eigenvalue weighted by molar-refractivity contribution is 7.91. The van der Waals surface area contributed by atoms with Crippen molar-refractivity contribution in [1.29, 1.82) is 0 Å². The molecule has 35 heavy (non-hydrogen) atoms. The van der Waals surface area contributed by atoms with Crippen LogP contribution in [0, 0.1) is 5.82 Å².